The highest BCUT2D eigenvalue weighted by molar-refractivity contribution is 7.18. The van der Waals surface area contributed by atoms with E-state index in [9.17, 15) is 23.1 Å². The van der Waals surface area contributed by atoms with Gasteiger partial charge in [-0.05, 0) is 30.9 Å². The summed E-state index contributed by atoms with van der Waals surface area (Å²) in [4.78, 5) is 16.1. The van der Waals surface area contributed by atoms with Crippen molar-refractivity contribution in [1.29, 1.82) is 0 Å². The summed E-state index contributed by atoms with van der Waals surface area (Å²) in [7, 11) is 0. The van der Waals surface area contributed by atoms with Crippen LogP contribution >= 0.6 is 11.3 Å². The molecular formula is C20H25F3N2O3S. The molecule has 0 aliphatic heterocycles. The van der Waals surface area contributed by atoms with Gasteiger partial charge in [-0.2, -0.15) is 13.2 Å². The summed E-state index contributed by atoms with van der Waals surface area (Å²) >= 11 is 0.735. The number of aromatic nitrogens is 1. The SMILES string of the molecule is CC1CCCCC1OCCNC(=O)CC(O)(c1nc2ccccc2s1)C(F)(F)F. The summed E-state index contributed by atoms with van der Waals surface area (Å²) in [6.45, 7) is 2.44. The molecule has 0 saturated heterocycles. The van der Waals surface area contributed by atoms with E-state index in [1.165, 1.54) is 6.42 Å². The number of alkyl halides is 3. The Bertz CT molecular complexity index is 809. The minimum atomic E-state index is -5.04. The molecule has 29 heavy (non-hydrogen) atoms. The van der Waals surface area contributed by atoms with Gasteiger partial charge >= 0.3 is 6.18 Å². The third-order valence-electron chi connectivity index (χ3n) is 5.32. The minimum absolute atomic E-state index is 0.0931. The summed E-state index contributed by atoms with van der Waals surface area (Å²) < 4.78 is 47.3. The van der Waals surface area contributed by atoms with Gasteiger partial charge in [0.2, 0.25) is 11.5 Å². The van der Waals surface area contributed by atoms with E-state index in [1.807, 2.05) is 0 Å². The van der Waals surface area contributed by atoms with Crippen LogP contribution in [-0.4, -0.2) is 41.4 Å². The smallest absolute Gasteiger partial charge is 0.376 e. The lowest BCUT2D eigenvalue weighted by atomic mass is 9.88. The standard InChI is InChI=1S/C20H25F3N2O3S/c1-13-6-2-4-8-15(13)28-11-10-24-17(26)12-19(27,20(21,22)23)18-25-14-7-3-5-9-16(14)29-18/h3,5,7,9,13,15,27H,2,4,6,8,10-12H2,1H3,(H,24,26). The molecule has 1 aromatic heterocycles. The van der Waals surface area contributed by atoms with Crippen molar-refractivity contribution in [1.82, 2.24) is 10.3 Å². The Balaban J connectivity index is 1.60. The van der Waals surface area contributed by atoms with Gasteiger partial charge in [-0.1, -0.05) is 31.9 Å². The maximum Gasteiger partial charge on any atom is 0.424 e. The second-order valence-corrected chi connectivity index (χ2v) is 8.57. The number of hydrogen-bond acceptors (Lipinski definition) is 5. The van der Waals surface area contributed by atoms with Crippen LogP contribution in [0.2, 0.25) is 0 Å². The van der Waals surface area contributed by atoms with Crippen LogP contribution in [0.4, 0.5) is 13.2 Å². The second kappa shape index (κ2) is 8.97. The molecule has 3 atom stereocenters. The first kappa shape index (κ1) is 22.0. The third-order valence-corrected chi connectivity index (χ3v) is 6.51. The fourth-order valence-corrected chi connectivity index (χ4v) is 4.65. The van der Waals surface area contributed by atoms with Crippen molar-refractivity contribution in [3.8, 4) is 0 Å². The van der Waals surface area contributed by atoms with Gasteiger partial charge in [0.15, 0.2) is 0 Å². The van der Waals surface area contributed by atoms with Gasteiger partial charge in [0.25, 0.3) is 0 Å². The number of amides is 1. The topological polar surface area (TPSA) is 71.5 Å². The van der Waals surface area contributed by atoms with Crippen LogP contribution in [0, 0.1) is 5.92 Å². The quantitative estimate of drug-likeness (QED) is 0.648. The van der Waals surface area contributed by atoms with Crippen LogP contribution in [0.3, 0.4) is 0 Å². The molecule has 1 saturated carbocycles. The number of nitrogens with zero attached hydrogens (tertiary/aromatic N) is 1. The van der Waals surface area contributed by atoms with E-state index >= 15 is 0 Å². The second-order valence-electron chi connectivity index (χ2n) is 7.54. The third kappa shape index (κ3) is 5.07. The van der Waals surface area contributed by atoms with Crippen LogP contribution in [0.25, 0.3) is 10.2 Å². The predicted octanol–water partition coefficient (Wildman–Crippen LogP) is 4.15. The lowest BCUT2D eigenvalue weighted by Gasteiger charge is -2.29. The zero-order chi connectivity index (χ0) is 21.1. The van der Waals surface area contributed by atoms with Crippen molar-refractivity contribution in [2.75, 3.05) is 13.2 Å². The van der Waals surface area contributed by atoms with E-state index in [4.69, 9.17) is 4.74 Å². The summed E-state index contributed by atoms with van der Waals surface area (Å²) in [5.74, 6) is -0.460. The number of benzene rings is 1. The highest BCUT2D eigenvalue weighted by Crippen LogP contribution is 2.44. The van der Waals surface area contributed by atoms with E-state index < -0.39 is 29.1 Å². The van der Waals surface area contributed by atoms with Gasteiger partial charge in [-0.15, -0.1) is 11.3 Å². The molecule has 3 rings (SSSR count). The molecule has 9 heteroatoms. The number of carbonyl (C=O) groups is 1. The van der Waals surface area contributed by atoms with Crippen molar-refractivity contribution < 1.29 is 27.8 Å². The first-order valence-corrected chi connectivity index (χ1v) is 10.6. The Morgan fingerprint density at radius 3 is 2.72 bits per heavy atom. The number of para-hydroxylation sites is 1. The molecule has 5 nitrogen and oxygen atoms in total. The van der Waals surface area contributed by atoms with Crippen molar-refractivity contribution in [2.45, 2.75) is 56.9 Å². The first-order valence-electron chi connectivity index (χ1n) is 9.74. The van der Waals surface area contributed by atoms with Gasteiger partial charge in [-0.25, -0.2) is 4.98 Å². The van der Waals surface area contributed by atoms with Crippen LogP contribution in [0.15, 0.2) is 24.3 Å². The Labute approximate surface area is 171 Å². The summed E-state index contributed by atoms with van der Waals surface area (Å²) in [6.07, 6.45) is -1.72. The van der Waals surface area contributed by atoms with Crippen molar-refractivity contribution in [3.05, 3.63) is 29.3 Å². The molecular weight excluding hydrogens is 405 g/mol. The number of halogens is 3. The average molecular weight is 430 g/mol. The molecule has 2 aromatic rings. The highest BCUT2D eigenvalue weighted by atomic mass is 32.1. The number of carbonyl (C=O) groups excluding carboxylic acids is 1. The normalized spacial score (nSPS) is 22.4. The summed E-state index contributed by atoms with van der Waals surface area (Å²) in [5.41, 5.74) is -2.98. The van der Waals surface area contributed by atoms with E-state index in [0.717, 1.165) is 30.6 Å². The Morgan fingerprint density at radius 2 is 2.03 bits per heavy atom. The molecule has 1 heterocycles. The lowest BCUT2D eigenvalue weighted by Crippen LogP contribution is -2.46. The molecule has 2 N–H and O–H groups in total. The molecule has 1 aliphatic rings. The Kier molecular flexibility index (Phi) is 6.80. The molecule has 3 unspecified atom stereocenters. The molecule has 1 aliphatic carbocycles. The minimum Gasteiger partial charge on any atom is -0.376 e. The van der Waals surface area contributed by atoms with Gasteiger partial charge in [0.05, 0.1) is 29.3 Å². The molecule has 0 spiro atoms. The van der Waals surface area contributed by atoms with Crippen LogP contribution in [-0.2, 0) is 15.1 Å². The van der Waals surface area contributed by atoms with Crippen LogP contribution < -0.4 is 5.32 Å². The largest absolute Gasteiger partial charge is 0.424 e. The average Bonchev–Trinajstić information content (AvgIpc) is 3.10. The van der Waals surface area contributed by atoms with Crippen molar-refractivity contribution >= 4 is 27.5 Å². The van der Waals surface area contributed by atoms with Crippen LogP contribution in [0.5, 0.6) is 0 Å². The number of aliphatic hydroxyl groups is 1. The van der Waals surface area contributed by atoms with E-state index in [2.05, 4.69) is 17.2 Å². The van der Waals surface area contributed by atoms with E-state index in [1.54, 1.807) is 24.3 Å². The molecule has 0 radical (unpaired) electrons. The van der Waals surface area contributed by atoms with E-state index in [-0.39, 0.29) is 19.3 Å². The fourth-order valence-electron chi connectivity index (χ4n) is 3.57. The lowest BCUT2D eigenvalue weighted by molar-refractivity contribution is -0.267. The van der Waals surface area contributed by atoms with Crippen molar-refractivity contribution in [3.63, 3.8) is 0 Å². The number of nitrogens with one attached hydrogen (secondary N) is 1. The zero-order valence-corrected chi connectivity index (χ0v) is 17.0. The zero-order valence-electron chi connectivity index (χ0n) is 16.2. The van der Waals surface area contributed by atoms with Gasteiger partial charge in [0, 0.05) is 6.54 Å². The number of hydrogen-bond donors (Lipinski definition) is 2. The monoisotopic (exact) mass is 430 g/mol. The first-order chi connectivity index (χ1) is 13.7. The van der Waals surface area contributed by atoms with Gasteiger partial charge in [0.1, 0.15) is 5.01 Å². The predicted molar refractivity (Wildman–Crippen MR) is 105 cm³/mol. The van der Waals surface area contributed by atoms with Gasteiger partial charge < -0.3 is 15.2 Å². The van der Waals surface area contributed by atoms with Crippen LogP contribution in [0.1, 0.15) is 44.0 Å². The molecule has 1 aromatic carbocycles. The number of thiazole rings is 1. The van der Waals surface area contributed by atoms with E-state index in [0.29, 0.717) is 16.1 Å². The highest BCUT2D eigenvalue weighted by Gasteiger charge is 2.58. The Hall–Kier alpha value is -1.71. The molecule has 160 valence electrons. The fraction of sp³-hybridized carbons (Fsp3) is 0.600. The number of rotatable bonds is 7. The summed E-state index contributed by atoms with van der Waals surface area (Å²) in [5, 5.41) is 12.3. The summed E-state index contributed by atoms with van der Waals surface area (Å²) in [6, 6.07) is 6.52. The number of fused-ring (bicyclic) bond motifs is 1. The molecule has 1 fully saturated rings. The number of ether oxygens (including phenoxy) is 1. The van der Waals surface area contributed by atoms with Gasteiger partial charge in [-0.3, -0.25) is 4.79 Å². The van der Waals surface area contributed by atoms with Crippen molar-refractivity contribution in [2.24, 2.45) is 5.92 Å². The molecule has 1 amide bonds. The maximum atomic E-state index is 13.7. The Morgan fingerprint density at radius 1 is 1.31 bits per heavy atom. The maximum absolute atomic E-state index is 13.7. The molecule has 0 bridgehead atoms.